The number of benzene rings is 1. The summed E-state index contributed by atoms with van der Waals surface area (Å²) >= 11 is 0. The van der Waals surface area contributed by atoms with Gasteiger partial charge in [0.05, 0.1) is 0 Å². The van der Waals surface area contributed by atoms with E-state index >= 15 is 0 Å². The van der Waals surface area contributed by atoms with Gasteiger partial charge in [-0.15, -0.1) is 4.91 Å². The van der Waals surface area contributed by atoms with Crippen molar-refractivity contribution >= 4 is 11.8 Å². The van der Waals surface area contributed by atoms with Crippen LogP contribution in [-0.4, -0.2) is 5.60 Å². The summed E-state index contributed by atoms with van der Waals surface area (Å²) in [7, 11) is 0. The molecule has 1 heterocycles. The Kier molecular flexibility index (Phi) is 6.57. The predicted octanol–water partition coefficient (Wildman–Crippen LogP) is 7.04. The lowest BCUT2D eigenvalue weighted by Gasteiger charge is -2.32. The van der Waals surface area contributed by atoms with E-state index in [1.165, 1.54) is 24.0 Å². The van der Waals surface area contributed by atoms with Gasteiger partial charge in [-0.25, -0.2) is 0 Å². The van der Waals surface area contributed by atoms with Crippen LogP contribution < -0.4 is 4.74 Å². The zero-order chi connectivity index (χ0) is 18.4. The molecule has 1 aliphatic heterocycles. The maximum Gasteiger partial charge on any atom is 0.130 e. The molecule has 0 bridgehead atoms. The van der Waals surface area contributed by atoms with Crippen LogP contribution in [0.25, 0.3) is 6.08 Å². The minimum absolute atomic E-state index is 0.338. The number of hydrogen-bond acceptors (Lipinski definition) is 3. The number of ether oxygens (including phenoxy) is 1. The first-order valence-electron chi connectivity index (χ1n) is 9.41. The third kappa shape index (κ3) is 4.81. The lowest BCUT2D eigenvalue weighted by Crippen LogP contribution is -2.31. The average Bonchev–Trinajstić information content (AvgIpc) is 2.55. The van der Waals surface area contributed by atoms with E-state index in [2.05, 4.69) is 51.1 Å². The molecular weight excluding hydrogens is 310 g/mol. The number of unbranched alkanes of at least 4 members (excludes halogenated alkanes) is 2. The maximum atomic E-state index is 11.4. The van der Waals surface area contributed by atoms with Crippen LogP contribution in [0.1, 0.15) is 76.5 Å². The highest BCUT2D eigenvalue weighted by molar-refractivity contribution is 5.75. The van der Waals surface area contributed by atoms with Crippen LogP contribution in [0.5, 0.6) is 5.75 Å². The molecule has 1 atom stereocenters. The van der Waals surface area contributed by atoms with E-state index in [1.807, 2.05) is 13.0 Å². The number of allylic oxidation sites excluding steroid dienone is 2. The Bertz CT molecular complexity index is 684. The summed E-state index contributed by atoms with van der Waals surface area (Å²) < 4.78 is 6.33. The van der Waals surface area contributed by atoms with E-state index < -0.39 is 0 Å². The van der Waals surface area contributed by atoms with Crippen LogP contribution in [-0.2, 0) is 6.42 Å². The number of fused-ring (bicyclic) bond motifs is 1. The fourth-order valence-corrected chi connectivity index (χ4v) is 3.33. The van der Waals surface area contributed by atoms with E-state index in [9.17, 15) is 4.91 Å². The van der Waals surface area contributed by atoms with Gasteiger partial charge in [0, 0.05) is 5.56 Å². The molecule has 25 heavy (non-hydrogen) atoms. The number of rotatable bonds is 8. The number of nitroso groups, excluding NO2 is 1. The zero-order valence-corrected chi connectivity index (χ0v) is 16.3. The van der Waals surface area contributed by atoms with Crippen molar-refractivity contribution in [2.24, 2.45) is 5.18 Å². The third-order valence-corrected chi connectivity index (χ3v) is 4.94. The van der Waals surface area contributed by atoms with E-state index in [0.29, 0.717) is 5.69 Å². The summed E-state index contributed by atoms with van der Waals surface area (Å²) in [5.74, 6) is 0.800. The minimum atomic E-state index is -0.338. The van der Waals surface area contributed by atoms with Crippen LogP contribution in [0, 0.1) is 11.8 Å². The van der Waals surface area contributed by atoms with Crippen LogP contribution in [0.2, 0.25) is 0 Å². The Labute approximate surface area is 152 Å². The summed E-state index contributed by atoms with van der Waals surface area (Å²) in [5.41, 5.74) is 4.52. The van der Waals surface area contributed by atoms with Crippen molar-refractivity contribution in [1.82, 2.24) is 0 Å². The molecule has 0 saturated heterocycles. The fourth-order valence-electron chi connectivity index (χ4n) is 3.33. The van der Waals surface area contributed by atoms with Gasteiger partial charge in [0.1, 0.15) is 17.0 Å². The molecule has 1 aliphatic rings. The Morgan fingerprint density at radius 3 is 2.72 bits per heavy atom. The molecule has 0 N–H and O–H groups in total. The number of hydrogen-bond donors (Lipinski definition) is 0. The van der Waals surface area contributed by atoms with E-state index in [1.54, 1.807) is 0 Å². The third-order valence-electron chi connectivity index (χ3n) is 4.94. The van der Waals surface area contributed by atoms with Gasteiger partial charge < -0.3 is 4.74 Å². The lowest BCUT2D eigenvalue weighted by atomic mass is 9.91. The predicted molar refractivity (Wildman–Crippen MR) is 107 cm³/mol. The summed E-state index contributed by atoms with van der Waals surface area (Å²) in [4.78, 5) is 11.4. The summed E-state index contributed by atoms with van der Waals surface area (Å²) in [6, 6.07) is 2.12. The van der Waals surface area contributed by atoms with Crippen molar-refractivity contribution in [3.63, 3.8) is 0 Å². The second-order valence-corrected chi connectivity index (χ2v) is 7.54. The summed E-state index contributed by atoms with van der Waals surface area (Å²) in [5, 5.41) is 3.31. The molecule has 136 valence electrons. The van der Waals surface area contributed by atoms with Gasteiger partial charge >= 0.3 is 0 Å². The van der Waals surface area contributed by atoms with Crippen molar-refractivity contribution < 1.29 is 4.74 Å². The zero-order valence-electron chi connectivity index (χ0n) is 16.3. The molecule has 0 fully saturated rings. The molecule has 0 amide bonds. The maximum absolute atomic E-state index is 11.4. The van der Waals surface area contributed by atoms with Crippen molar-refractivity contribution in [3.05, 3.63) is 45.4 Å². The smallest absolute Gasteiger partial charge is 0.130 e. The minimum Gasteiger partial charge on any atom is -0.483 e. The Morgan fingerprint density at radius 2 is 2.08 bits per heavy atom. The Morgan fingerprint density at radius 1 is 1.32 bits per heavy atom. The Hall–Kier alpha value is -1.90. The quantitative estimate of drug-likeness (QED) is 0.289. The molecule has 3 nitrogen and oxygen atoms in total. The van der Waals surface area contributed by atoms with Crippen molar-refractivity contribution in [2.45, 2.75) is 78.7 Å². The molecular formula is C22H31NO2. The van der Waals surface area contributed by atoms with Gasteiger partial charge in [-0.3, -0.25) is 0 Å². The van der Waals surface area contributed by atoms with Crippen LogP contribution in [0.3, 0.4) is 0 Å². The molecule has 0 saturated carbocycles. The molecule has 1 aromatic carbocycles. The topological polar surface area (TPSA) is 38.7 Å². The van der Waals surface area contributed by atoms with Gasteiger partial charge in [0.2, 0.25) is 0 Å². The van der Waals surface area contributed by atoms with Gasteiger partial charge in [-0.1, -0.05) is 31.4 Å². The first-order chi connectivity index (χ1) is 11.9. The summed E-state index contributed by atoms with van der Waals surface area (Å²) in [6.07, 6.45) is 12.7. The number of aryl methyl sites for hydroxylation is 1. The second-order valence-electron chi connectivity index (χ2n) is 7.54. The molecule has 1 unspecified atom stereocenters. The molecule has 0 radical (unpaired) electrons. The number of nitrogens with zero attached hydrogens (tertiary/aromatic N) is 1. The van der Waals surface area contributed by atoms with Gasteiger partial charge in [-0.2, -0.15) is 0 Å². The van der Waals surface area contributed by atoms with Gasteiger partial charge in [0.15, 0.2) is 0 Å². The van der Waals surface area contributed by atoms with Crippen molar-refractivity contribution in [3.8, 4) is 5.75 Å². The normalized spacial score (nSPS) is 18.4. The Balaban J connectivity index is 2.29. The van der Waals surface area contributed by atoms with Crippen molar-refractivity contribution in [2.75, 3.05) is 0 Å². The van der Waals surface area contributed by atoms with Crippen molar-refractivity contribution in [1.29, 1.82) is 0 Å². The van der Waals surface area contributed by atoms with Crippen LogP contribution >= 0.6 is 0 Å². The molecule has 0 spiro atoms. The van der Waals surface area contributed by atoms with Crippen LogP contribution in [0.15, 0.2) is 29.0 Å². The largest absolute Gasteiger partial charge is 0.483 e. The average molecular weight is 341 g/mol. The van der Waals surface area contributed by atoms with Gasteiger partial charge in [0.25, 0.3) is 0 Å². The second kappa shape index (κ2) is 8.46. The van der Waals surface area contributed by atoms with E-state index in [4.69, 9.17) is 4.74 Å². The lowest BCUT2D eigenvalue weighted by molar-refractivity contribution is 0.128. The van der Waals surface area contributed by atoms with Crippen LogP contribution in [0.4, 0.5) is 5.69 Å². The standard InChI is InChI=1S/C22H31NO2/c1-6-7-8-11-18-15-20-19(21(23-24)17(18)4)12-14-22(5,25-20)13-9-10-16(2)3/h10,12,14-15H,6-9,11,13H2,1-5H3. The first-order valence-corrected chi connectivity index (χ1v) is 9.41. The highest BCUT2D eigenvalue weighted by atomic mass is 16.5. The SMILES string of the molecule is CCCCCc1cc2c(c(N=O)c1C)C=CC(C)(CCC=C(C)C)O2. The highest BCUT2D eigenvalue weighted by Gasteiger charge is 2.29. The summed E-state index contributed by atoms with van der Waals surface area (Å²) in [6.45, 7) is 10.5. The fraction of sp³-hybridized carbons (Fsp3) is 0.545. The molecule has 3 heteroatoms. The molecule has 2 rings (SSSR count). The molecule has 0 aromatic heterocycles. The first kappa shape index (κ1) is 19.4. The van der Waals surface area contributed by atoms with E-state index in [-0.39, 0.29) is 5.60 Å². The monoisotopic (exact) mass is 341 g/mol. The van der Waals surface area contributed by atoms with E-state index in [0.717, 1.165) is 42.6 Å². The highest BCUT2D eigenvalue weighted by Crippen LogP contribution is 2.42. The van der Waals surface area contributed by atoms with Gasteiger partial charge in [-0.05, 0) is 87.9 Å². The molecule has 1 aromatic rings. The molecule has 0 aliphatic carbocycles.